The predicted molar refractivity (Wildman–Crippen MR) is 122 cm³/mol. The van der Waals surface area contributed by atoms with Crippen molar-refractivity contribution in [3.8, 4) is 0 Å². The normalized spacial score (nSPS) is 21.9. The van der Waals surface area contributed by atoms with Crippen molar-refractivity contribution in [3.63, 3.8) is 0 Å². The van der Waals surface area contributed by atoms with E-state index < -0.39 is 24.5 Å². The van der Waals surface area contributed by atoms with Gasteiger partial charge in [0.05, 0.1) is 12.3 Å². The van der Waals surface area contributed by atoms with Crippen LogP contribution in [0.3, 0.4) is 0 Å². The molecule has 3 aromatic heterocycles. The summed E-state index contributed by atoms with van der Waals surface area (Å²) < 4.78 is 27.1. The summed E-state index contributed by atoms with van der Waals surface area (Å²) in [5, 5.41) is 15.5. The number of alkyl halides is 1. The Morgan fingerprint density at radius 1 is 1.31 bits per heavy atom. The number of anilines is 2. The highest BCUT2D eigenvalue weighted by Crippen LogP contribution is 2.33. The van der Waals surface area contributed by atoms with Crippen molar-refractivity contribution in [2.75, 3.05) is 11.9 Å². The lowest BCUT2D eigenvalue weighted by atomic mass is 10.1. The van der Waals surface area contributed by atoms with Gasteiger partial charge in [-0.1, -0.05) is 11.6 Å². The quantitative estimate of drug-likeness (QED) is 0.357. The van der Waals surface area contributed by atoms with Crippen LogP contribution in [-0.4, -0.2) is 67.5 Å². The molecule has 186 valence electrons. The second-order valence-electron chi connectivity index (χ2n) is 8.78. The van der Waals surface area contributed by atoms with E-state index in [9.17, 15) is 14.0 Å². The fourth-order valence-corrected chi connectivity index (χ4v) is 3.83. The minimum atomic E-state index is -1.58. The van der Waals surface area contributed by atoms with Crippen molar-refractivity contribution >= 4 is 41.0 Å². The molecule has 3 atom stereocenters. The topological polar surface area (TPSA) is 148 Å². The van der Waals surface area contributed by atoms with E-state index in [1.807, 2.05) is 0 Å². The Kier molecular flexibility index (Phi) is 6.19. The van der Waals surface area contributed by atoms with Crippen molar-refractivity contribution < 1.29 is 23.5 Å². The predicted octanol–water partition coefficient (Wildman–Crippen LogP) is 2.65. The lowest BCUT2D eigenvalue weighted by Crippen LogP contribution is -2.36. The zero-order valence-corrected chi connectivity index (χ0v) is 19.7. The molecule has 1 saturated carbocycles. The molecule has 0 unspecified atom stereocenters. The van der Waals surface area contributed by atoms with Gasteiger partial charge in [-0.2, -0.15) is 5.10 Å². The second-order valence-corrected chi connectivity index (χ2v) is 9.17. The fourth-order valence-electron chi connectivity index (χ4n) is 3.65. The van der Waals surface area contributed by atoms with E-state index in [-0.39, 0.29) is 41.4 Å². The van der Waals surface area contributed by atoms with Crippen LogP contribution >= 0.6 is 11.6 Å². The molecule has 5 rings (SSSR count). The summed E-state index contributed by atoms with van der Waals surface area (Å²) in [6.45, 7) is 3.46. The third-order valence-corrected chi connectivity index (χ3v) is 5.65. The first-order chi connectivity index (χ1) is 16.8. The minimum Gasteiger partial charge on any atom is -0.441 e. The van der Waals surface area contributed by atoms with E-state index in [0.29, 0.717) is 17.2 Å². The first-order valence-corrected chi connectivity index (χ1v) is 11.6. The molecule has 1 saturated heterocycles. The molecule has 3 aromatic rings. The number of carbonyl (C=O) groups excluding carboxylic acids is 2. The lowest BCUT2D eigenvalue weighted by molar-refractivity contribution is 0.0615. The third kappa shape index (κ3) is 5.15. The average Bonchev–Trinajstić information content (AvgIpc) is 3.15. The zero-order chi connectivity index (χ0) is 24.7. The Hall–Kier alpha value is -3.45. The number of H-pyrrole nitrogens is 1. The van der Waals surface area contributed by atoms with Crippen LogP contribution in [0.5, 0.6) is 0 Å². The number of ether oxygens (including phenoxy) is 2. The molecule has 0 bridgehead atoms. The molecule has 14 heteroatoms. The van der Waals surface area contributed by atoms with E-state index >= 15 is 0 Å². The van der Waals surface area contributed by atoms with Crippen molar-refractivity contribution in [3.05, 3.63) is 34.9 Å². The molecule has 0 spiro atoms. The number of alkyl carbamates (subject to hydrolysis) is 1. The van der Waals surface area contributed by atoms with Crippen molar-refractivity contribution in [1.29, 1.82) is 0 Å². The fraction of sp³-hybridized carbons (Fsp3) is 0.476. The summed E-state index contributed by atoms with van der Waals surface area (Å²) >= 11 is 6.14. The van der Waals surface area contributed by atoms with E-state index in [1.54, 1.807) is 30.5 Å². The van der Waals surface area contributed by atoms with Gasteiger partial charge in [0.1, 0.15) is 22.6 Å². The van der Waals surface area contributed by atoms with Crippen molar-refractivity contribution in [2.24, 2.45) is 0 Å². The van der Waals surface area contributed by atoms with Crippen LogP contribution in [0.25, 0.3) is 5.65 Å². The van der Waals surface area contributed by atoms with Gasteiger partial charge in [0.25, 0.3) is 5.91 Å². The number of hydrogen-bond donors (Lipinski definition) is 4. The molecular formula is C21H24ClFN8O4. The molecule has 2 aliphatic rings. The third-order valence-electron chi connectivity index (χ3n) is 5.46. The smallest absolute Gasteiger partial charge is 0.407 e. The van der Waals surface area contributed by atoms with Crippen LogP contribution in [0, 0.1) is 0 Å². The van der Waals surface area contributed by atoms with Gasteiger partial charge in [-0.3, -0.25) is 14.3 Å². The number of carbonyl (C=O) groups is 2. The van der Waals surface area contributed by atoms with Crippen molar-refractivity contribution in [1.82, 2.24) is 35.2 Å². The highest BCUT2D eigenvalue weighted by molar-refractivity contribution is 6.29. The Morgan fingerprint density at radius 2 is 2.11 bits per heavy atom. The number of nitrogens with zero attached hydrogens (tertiary/aromatic N) is 4. The van der Waals surface area contributed by atoms with Crippen LogP contribution in [0.15, 0.2) is 18.3 Å². The summed E-state index contributed by atoms with van der Waals surface area (Å²) in [4.78, 5) is 32.8. The van der Waals surface area contributed by atoms with Gasteiger partial charge in [0.15, 0.2) is 18.1 Å². The van der Waals surface area contributed by atoms with Crippen LogP contribution in [0.1, 0.15) is 49.0 Å². The summed E-state index contributed by atoms with van der Waals surface area (Å²) in [6, 6.07) is 3.15. The van der Waals surface area contributed by atoms with Gasteiger partial charge in [0, 0.05) is 30.4 Å². The number of imidazole rings is 1. The maximum atomic E-state index is 14.9. The first kappa shape index (κ1) is 23.3. The SMILES string of the molecule is CC(C)NC(=O)O[C@H]1CO[C@@H](c2cc(Nc3nc(Cl)cc4nc(C(=O)NC5CC5)cn34)n[nH]2)[C@H]1F. The molecule has 0 aromatic carbocycles. The maximum absolute atomic E-state index is 14.9. The van der Waals surface area contributed by atoms with E-state index in [0.717, 1.165) is 12.8 Å². The van der Waals surface area contributed by atoms with E-state index in [2.05, 4.69) is 36.1 Å². The minimum absolute atomic E-state index is 0.0870. The standard InChI is InChI=1S/C21H24ClFN8O4/c1-9(2)24-21(33)35-13-8-34-18(17(13)23)11-5-15(30-29-11)28-20-27-14(22)6-16-26-12(7-31(16)20)19(32)25-10-3-4-10/h5-7,9-10,13,17-18H,3-4,8H2,1-2H3,(H,24,33)(H,25,32)(H2,27,28,29,30)/t13-,17-,18-/m0/s1. The van der Waals surface area contributed by atoms with Gasteiger partial charge in [-0.25, -0.2) is 19.2 Å². The molecular weight excluding hydrogens is 483 g/mol. The number of hydrogen-bond acceptors (Lipinski definition) is 8. The summed E-state index contributed by atoms with van der Waals surface area (Å²) in [6.07, 6.45) is -0.850. The number of amides is 2. The molecule has 35 heavy (non-hydrogen) atoms. The zero-order valence-electron chi connectivity index (χ0n) is 18.9. The largest absolute Gasteiger partial charge is 0.441 e. The Morgan fingerprint density at radius 3 is 2.86 bits per heavy atom. The molecule has 1 aliphatic heterocycles. The molecule has 4 heterocycles. The molecule has 0 radical (unpaired) electrons. The van der Waals surface area contributed by atoms with Gasteiger partial charge in [-0.05, 0) is 26.7 Å². The number of halogens is 2. The summed E-state index contributed by atoms with van der Waals surface area (Å²) in [5.41, 5.74) is 1.01. The Labute approximate surface area is 203 Å². The van der Waals surface area contributed by atoms with Gasteiger partial charge >= 0.3 is 6.09 Å². The van der Waals surface area contributed by atoms with Crippen LogP contribution in [-0.2, 0) is 9.47 Å². The molecule has 2 amide bonds. The molecule has 1 aliphatic carbocycles. The summed E-state index contributed by atoms with van der Waals surface area (Å²) in [5.74, 6) is 0.303. The number of nitrogens with one attached hydrogen (secondary N) is 4. The highest BCUT2D eigenvalue weighted by atomic mass is 35.5. The monoisotopic (exact) mass is 506 g/mol. The molecule has 2 fully saturated rings. The van der Waals surface area contributed by atoms with Crippen molar-refractivity contribution in [2.45, 2.75) is 57.2 Å². The number of rotatable bonds is 7. The van der Waals surface area contributed by atoms with Crippen LogP contribution in [0.4, 0.5) is 21.0 Å². The van der Waals surface area contributed by atoms with Gasteiger partial charge in [0.2, 0.25) is 5.95 Å². The Bertz CT molecular complexity index is 1260. The van der Waals surface area contributed by atoms with E-state index in [4.69, 9.17) is 21.1 Å². The number of aromatic amines is 1. The summed E-state index contributed by atoms with van der Waals surface area (Å²) in [7, 11) is 0. The highest BCUT2D eigenvalue weighted by Gasteiger charge is 2.42. The maximum Gasteiger partial charge on any atom is 0.407 e. The van der Waals surface area contributed by atoms with E-state index in [1.165, 1.54) is 6.07 Å². The average molecular weight is 507 g/mol. The second kappa shape index (κ2) is 9.30. The van der Waals surface area contributed by atoms with Gasteiger partial charge < -0.3 is 25.4 Å². The molecule has 12 nitrogen and oxygen atoms in total. The number of aromatic nitrogens is 5. The molecule has 4 N–H and O–H groups in total. The van der Waals surface area contributed by atoms with Crippen LogP contribution < -0.4 is 16.0 Å². The van der Waals surface area contributed by atoms with Crippen LogP contribution in [0.2, 0.25) is 5.15 Å². The number of fused-ring (bicyclic) bond motifs is 1. The Balaban J connectivity index is 1.30. The first-order valence-electron chi connectivity index (χ1n) is 11.2. The lowest BCUT2D eigenvalue weighted by Gasteiger charge is -2.16. The van der Waals surface area contributed by atoms with Gasteiger partial charge in [-0.15, -0.1) is 0 Å².